The van der Waals surface area contributed by atoms with Gasteiger partial charge in [0.15, 0.2) is 0 Å². The van der Waals surface area contributed by atoms with Crippen LogP contribution < -0.4 is 5.32 Å². The molecule has 1 N–H and O–H groups in total. The lowest BCUT2D eigenvalue weighted by Gasteiger charge is -2.17. The van der Waals surface area contributed by atoms with E-state index < -0.39 is 0 Å². The maximum Gasteiger partial charge on any atom is 0.0231 e. The Morgan fingerprint density at radius 3 is 2.78 bits per heavy atom. The molecule has 1 nitrogen and oxygen atoms in total. The van der Waals surface area contributed by atoms with Gasteiger partial charge in [0.25, 0.3) is 0 Å². The minimum atomic E-state index is 1.02. The first-order valence-corrected chi connectivity index (χ1v) is 7.39. The third-order valence-electron chi connectivity index (χ3n) is 3.31. The van der Waals surface area contributed by atoms with Crippen LogP contribution in [0.2, 0.25) is 0 Å². The van der Waals surface area contributed by atoms with Gasteiger partial charge < -0.3 is 5.32 Å². The van der Waals surface area contributed by atoms with Gasteiger partial charge in [0.1, 0.15) is 0 Å². The molecule has 1 heterocycles. The van der Waals surface area contributed by atoms with Crippen molar-refractivity contribution < 1.29 is 0 Å². The highest BCUT2D eigenvalue weighted by molar-refractivity contribution is 7.98. The molecule has 1 aliphatic heterocycles. The molecular formula is C16H17NS. The van der Waals surface area contributed by atoms with E-state index in [0.29, 0.717) is 0 Å². The zero-order chi connectivity index (χ0) is 12.2. The van der Waals surface area contributed by atoms with E-state index in [1.54, 1.807) is 0 Å². The van der Waals surface area contributed by atoms with E-state index in [-0.39, 0.29) is 0 Å². The summed E-state index contributed by atoms with van der Waals surface area (Å²) in [5.41, 5.74) is 4.37. The molecule has 0 saturated carbocycles. The molecule has 0 aromatic heterocycles. The Bertz CT molecular complexity index is 522. The second-order valence-electron chi connectivity index (χ2n) is 4.63. The van der Waals surface area contributed by atoms with Crippen molar-refractivity contribution in [1.82, 2.24) is 5.32 Å². The van der Waals surface area contributed by atoms with Gasteiger partial charge in [-0.25, -0.2) is 0 Å². The van der Waals surface area contributed by atoms with E-state index in [9.17, 15) is 0 Å². The van der Waals surface area contributed by atoms with Crippen molar-refractivity contribution >= 4 is 11.8 Å². The number of rotatable bonds is 3. The summed E-state index contributed by atoms with van der Waals surface area (Å²) in [6, 6.07) is 17.5. The highest BCUT2D eigenvalue weighted by atomic mass is 32.2. The van der Waals surface area contributed by atoms with Crippen LogP contribution in [-0.2, 0) is 18.7 Å². The van der Waals surface area contributed by atoms with E-state index in [2.05, 4.69) is 53.8 Å². The average molecular weight is 255 g/mol. The second-order valence-corrected chi connectivity index (χ2v) is 5.68. The summed E-state index contributed by atoms with van der Waals surface area (Å²) in [6.07, 6.45) is 1.17. The fourth-order valence-electron chi connectivity index (χ4n) is 2.29. The van der Waals surface area contributed by atoms with Crippen LogP contribution in [0.1, 0.15) is 16.7 Å². The first-order valence-electron chi connectivity index (χ1n) is 6.41. The van der Waals surface area contributed by atoms with Gasteiger partial charge in [-0.05, 0) is 41.8 Å². The van der Waals surface area contributed by atoms with Crippen LogP contribution in [0, 0.1) is 0 Å². The van der Waals surface area contributed by atoms with Gasteiger partial charge in [-0.1, -0.05) is 36.4 Å². The van der Waals surface area contributed by atoms with E-state index in [1.807, 2.05) is 11.8 Å². The fourth-order valence-corrected chi connectivity index (χ4v) is 3.20. The van der Waals surface area contributed by atoms with Gasteiger partial charge in [0, 0.05) is 17.2 Å². The van der Waals surface area contributed by atoms with Gasteiger partial charge in [-0.15, -0.1) is 11.8 Å². The van der Waals surface area contributed by atoms with Gasteiger partial charge in [0.05, 0.1) is 0 Å². The number of hydrogen-bond acceptors (Lipinski definition) is 2. The standard InChI is InChI=1S/C16H17NS/c1-2-4-13(5-3-1)12-18-16-7-6-14-8-9-17-11-15(14)10-16/h1-7,10,17H,8-9,11-12H2. The van der Waals surface area contributed by atoms with E-state index >= 15 is 0 Å². The minimum Gasteiger partial charge on any atom is -0.312 e. The maximum atomic E-state index is 3.43. The normalized spacial score (nSPS) is 14.2. The van der Waals surface area contributed by atoms with Gasteiger partial charge in [0.2, 0.25) is 0 Å². The van der Waals surface area contributed by atoms with Crippen LogP contribution in [0.25, 0.3) is 0 Å². The molecule has 0 fully saturated rings. The zero-order valence-electron chi connectivity index (χ0n) is 10.4. The van der Waals surface area contributed by atoms with E-state index in [1.165, 1.54) is 28.0 Å². The highest BCUT2D eigenvalue weighted by Gasteiger charge is 2.08. The second kappa shape index (κ2) is 5.59. The molecule has 0 aliphatic carbocycles. The Kier molecular flexibility index (Phi) is 3.67. The van der Waals surface area contributed by atoms with Gasteiger partial charge in [-0.3, -0.25) is 0 Å². The lowest BCUT2D eigenvalue weighted by atomic mass is 10.0. The monoisotopic (exact) mass is 255 g/mol. The number of thioether (sulfide) groups is 1. The molecule has 18 heavy (non-hydrogen) atoms. The molecule has 3 rings (SSSR count). The zero-order valence-corrected chi connectivity index (χ0v) is 11.2. The first kappa shape index (κ1) is 11.8. The summed E-state index contributed by atoms with van der Waals surface area (Å²) in [5, 5.41) is 3.43. The maximum absolute atomic E-state index is 3.43. The van der Waals surface area contributed by atoms with Gasteiger partial charge in [-0.2, -0.15) is 0 Å². The summed E-state index contributed by atoms with van der Waals surface area (Å²) in [7, 11) is 0. The van der Waals surface area contributed by atoms with Crippen LogP contribution in [0.4, 0.5) is 0 Å². The highest BCUT2D eigenvalue weighted by Crippen LogP contribution is 2.26. The third kappa shape index (κ3) is 2.77. The predicted octanol–water partition coefficient (Wildman–Crippen LogP) is 3.62. The molecule has 2 aromatic carbocycles. The molecule has 0 atom stereocenters. The molecule has 1 aliphatic rings. The Balaban J connectivity index is 1.70. The first-order chi connectivity index (χ1) is 8.92. The van der Waals surface area contributed by atoms with Crippen LogP contribution in [0.3, 0.4) is 0 Å². The quantitative estimate of drug-likeness (QED) is 0.841. The molecule has 92 valence electrons. The Morgan fingerprint density at radius 2 is 1.89 bits per heavy atom. The number of nitrogens with one attached hydrogen (secondary N) is 1. The van der Waals surface area contributed by atoms with Gasteiger partial charge >= 0.3 is 0 Å². The summed E-state index contributed by atoms with van der Waals surface area (Å²) in [5.74, 6) is 1.05. The average Bonchev–Trinajstić information content (AvgIpc) is 2.46. The molecule has 0 radical (unpaired) electrons. The number of hydrogen-bond donors (Lipinski definition) is 1. The van der Waals surface area contributed by atoms with E-state index in [0.717, 1.165) is 18.8 Å². The van der Waals surface area contributed by atoms with Crippen LogP contribution in [-0.4, -0.2) is 6.54 Å². The Morgan fingerprint density at radius 1 is 1.00 bits per heavy atom. The van der Waals surface area contributed by atoms with Crippen molar-refractivity contribution in [1.29, 1.82) is 0 Å². The van der Waals surface area contributed by atoms with Crippen molar-refractivity contribution in [3.63, 3.8) is 0 Å². The van der Waals surface area contributed by atoms with Crippen molar-refractivity contribution in [2.75, 3.05) is 6.54 Å². The molecule has 2 heteroatoms. The van der Waals surface area contributed by atoms with Crippen LogP contribution >= 0.6 is 11.8 Å². The van der Waals surface area contributed by atoms with Crippen molar-refractivity contribution in [2.24, 2.45) is 0 Å². The third-order valence-corrected chi connectivity index (χ3v) is 4.38. The Hall–Kier alpha value is -1.25. The smallest absolute Gasteiger partial charge is 0.0231 e. The molecule has 2 aromatic rings. The number of fused-ring (bicyclic) bond motifs is 1. The lowest BCUT2D eigenvalue weighted by Crippen LogP contribution is -2.23. The van der Waals surface area contributed by atoms with Crippen LogP contribution in [0.5, 0.6) is 0 Å². The SMILES string of the molecule is c1ccc(CSc2ccc3c(c2)CNCC3)cc1. The molecule has 0 saturated heterocycles. The summed E-state index contributed by atoms with van der Waals surface area (Å²) < 4.78 is 0. The topological polar surface area (TPSA) is 12.0 Å². The summed E-state index contributed by atoms with van der Waals surface area (Å²) in [4.78, 5) is 1.38. The molecule has 0 bridgehead atoms. The molecule has 0 spiro atoms. The minimum absolute atomic E-state index is 1.02. The molecule has 0 unspecified atom stereocenters. The lowest BCUT2D eigenvalue weighted by molar-refractivity contribution is 0.642. The summed E-state index contributed by atoms with van der Waals surface area (Å²) in [6.45, 7) is 2.14. The van der Waals surface area contributed by atoms with Crippen molar-refractivity contribution in [3.8, 4) is 0 Å². The fraction of sp³-hybridized carbons (Fsp3) is 0.250. The number of benzene rings is 2. The predicted molar refractivity (Wildman–Crippen MR) is 77.9 cm³/mol. The molecule has 0 amide bonds. The van der Waals surface area contributed by atoms with Crippen molar-refractivity contribution in [3.05, 3.63) is 65.2 Å². The van der Waals surface area contributed by atoms with Crippen LogP contribution in [0.15, 0.2) is 53.4 Å². The largest absolute Gasteiger partial charge is 0.312 e. The van der Waals surface area contributed by atoms with E-state index in [4.69, 9.17) is 0 Å². The summed E-state index contributed by atoms with van der Waals surface area (Å²) >= 11 is 1.92. The molecular weight excluding hydrogens is 238 g/mol. The van der Waals surface area contributed by atoms with Crippen molar-refractivity contribution in [2.45, 2.75) is 23.6 Å². The Labute approximate surface area is 113 Å².